The van der Waals surface area contributed by atoms with E-state index in [0.717, 1.165) is 22.5 Å². The van der Waals surface area contributed by atoms with Gasteiger partial charge >= 0.3 is 0 Å². The SMILES string of the molecule is COc1ccccc1NC(=O)CC1Nc2cc(C)c(C)cc2NC1=O. The van der Waals surface area contributed by atoms with Crippen LogP contribution >= 0.6 is 0 Å². The molecule has 6 nitrogen and oxygen atoms in total. The van der Waals surface area contributed by atoms with E-state index in [1.54, 1.807) is 19.2 Å². The smallest absolute Gasteiger partial charge is 0.247 e. The maximum atomic E-state index is 12.3. The van der Waals surface area contributed by atoms with Crippen LogP contribution in [0.3, 0.4) is 0 Å². The number of rotatable bonds is 4. The molecule has 0 saturated heterocycles. The van der Waals surface area contributed by atoms with Gasteiger partial charge in [0.1, 0.15) is 11.8 Å². The number of amides is 2. The zero-order valence-corrected chi connectivity index (χ0v) is 14.5. The molecule has 1 atom stereocenters. The van der Waals surface area contributed by atoms with Crippen molar-refractivity contribution in [1.82, 2.24) is 0 Å². The number of anilines is 3. The van der Waals surface area contributed by atoms with Crippen LogP contribution in [0.1, 0.15) is 17.5 Å². The Hall–Kier alpha value is -3.02. The van der Waals surface area contributed by atoms with E-state index in [-0.39, 0.29) is 18.2 Å². The molecule has 0 saturated carbocycles. The third-order valence-electron chi connectivity index (χ3n) is 4.31. The standard InChI is InChI=1S/C19H21N3O3/c1-11-8-14-15(9-12(11)2)22-19(24)16(20-14)10-18(23)21-13-6-4-5-7-17(13)25-3/h4-9,16,20H,10H2,1-3H3,(H,21,23)(H,22,24). The molecule has 1 aliphatic heterocycles. The van der Waals surface area contributed by atoms with Gasteiger partial charge in [0.25, 0.3) is 0 Å². The van der Waals surface area contributed by atoms with Gasteiger partial charge < -0.3 is 20.7 Å². The first-order valence-corrected chi connectivity index (χ1v) is 8.09. The largest absolute Gasteiger partial charge is 0.495 e. The number of para-hydroxylation sites is 2. The Kier molecular flexibility index (Phi) is 4.61. The van der Waals surface area contributed by atoms with Gasteiger partial charge in [-0.3, -0.25) is 9.59 Å². The van der Waals surface area contributed by atoms with Crippen molar-refractivity contribution < 1.29 is 14.3 Å². The number of aryl methyl sites for hydroxylation is 2. The van der Waals surface area contributed by atoms with Crippen LogP contribution in [0.15, 0.2) is 36.4 Å². The third-order valence-corrected chi connectivity index (χ3v) is 4.31. The molecule has 0 aliphatic carbocycles. The van der Waals surface area contributed by atoms with Crippen LogP contribution in [0.25, 0.3) is 0 Å². The summed E-state index contributed by atoms with van der Waals surface area (Å²) >= 11 is 0. The number of hydrogen-bond acceptors (Lipinski definition) is 4. The predicted molar refractivity (Wildman–Crippen MR) is 98.2 cm³/mol. The molecule has 0 radical (unpaired) electrons. The van der Waals surface area contributed by atoms with E-state index in [1.807, 2.05) is 38.1 Å². The summed E-state index contributed by atoms with van der Waals surface area (Å²) in [6.45, 7) is 4.01. The molecule has 1 aliphatic rings. The maximum absolute atomic E-state index is 12.3. The minimum Gasteiger partial charge on any atom is -0.495 e. The van der Waals surface area contributed by atoms with Crippen LogP contribution in [0.4, 0.5) is 17.1 Å². The van der Waals surface area contributed by atoms with Crippen molar-refractivity contribution in [2.75, 3.05) is 23.1 Å². The number of carbonyl (C=O) groups excluding carboxylic acids is 2. The molecule has 3 rings (SSSR count). The van der Waals surface area contributed by atoms with Crippen molar-refractivity contribution in [3.8, 4) is 5.75 Å². The van der Waals surface area contributed by atoms with Crippen molar-refractivity contribution in [1.29, 1.82) is 0 Å². The van der Waals surface area contributed by atoms with Crippen molar-refractivity contribution in [3.63, 3.8) is 0 Å². The minimum absolute atomic E-state index is 0.0241. The van der Waals surface area contributed by atoms with Gasteiger partial charge in [-0.25, -0.2) is 0 Å². The second kappa shape index (κ2) is 6.84. The van der Waals surface area contributed by atoms with E-state index in [1.165, 1.54) is 0 Å². The van der Waals surface area contributed by atoms with Gasteiger partial charge in [0.05, 0.1) is 30.6 Å². The van der Waals surface area contributed by atoms with Gasteiger partial charge in [-0.2, -0.15) is 0 Å². The molecular weight excluding hydrogens is 318 g/mol. The van der Waals surface area contributed by atoms with Crippen LogP contribution < -0.4 is 20.7 Å². The molecule has 6 heteroatoms. The average Bonchev–Trinajstić information content (AvgIpc) is 2.58. The molecule has 0 spiro atoms. The molecule has 0 aromatic heterocycles. The monoisotopic (exact) mass is 339 g/mol. The van der Waals surface area contributed by atoms with Crippen LogP contribution in [0.2, 0.25) is 0 Å². The number of hydrogen-bond donors (Lipinski definition) is 3. The highest BCUT2D eigenvalue weighted by Gasteiger charge is 2.28. The zero-order chi connectivity index (χ0) is 18.0. The highest BCUT2D eigenvalue weighted by Crippen LogP contribution is 2.30. The Bertz CT molecular complexity index is 833. The van der Waals surface area contributed by atoms with Gasteiger partial charge in [-0.05, 0) is 49.2 Å². The van der Waals surface area contributed by atoms with Crippen LogP contribution in [0, 0.1) is 13.8 Å². The van der Waals surface area contributed by atoms with Gasteiger partial charge in [0, 0.05) is 0 Å². The van der Waals surface area contributed by atoms with Crippen LogP contribution in [0.5, 0.6) is 5.75 Å². The summed E-state index contributed by atoms with van der Waals surface area (Å²) in [6, 6.07) is 10.5. The number of fused-ring (bicyclic) bond motifs is 1. The first kappa shape index (κ1) is 16.8. The summed E-state index contributed by atoms with van der Waals surface area (Å²) in [5, 5.41) is 8.81. The summed E-state index contributed by atoms with van der Waals surface area (Å²) in [5.74, 6) is 0.101. The Morgan fingerprint density at radius 3 is 2.56 bits per heavy atom. The van der Waals surface area contributed by atoms with Gasteiger partial charge in [-0.15, -0.1) is 0 Å². The van der Waals surface area contributed by atoms with E-state index in [9.17, 15) is 9.59 Å². The molecule has 25 heavy (non-hydrogen) atoms. The average molecular weight is 339 g/mol. The minimum atomic E-state index is -0.621. The fraction of sp³-hybridized carbons (Fsp3) is 0.263. The first-order chi connectivity index (χ1) is 12.0. The number of methoxy groups -OCH3 is 1. The van der Waals surface area contributed by atoms with E-state index in [2.05, 4.69) is 16.0 Å². The predicted octanol–water partition coefficient (Wildman–Crippen LogP) is 3.07. The van der Waals surface area contributed by atoms with Crippen molar-refractivity contribution in [2.45, 2.75) is 26.3 Å². The lowest BCUT2D eigenvalue weighted by atomic mass is 10.0. The molecule has 1 heterocycles. The van der Waals surface area contributed by atoms with Crippen molar-refractivity contribution >= 4 is 28.9 Å². The van der Waals surface area contributed by atoms with E-state index in [0.29, 0.717) is 11.4 Å². The van der Waals surface area contributed by atoms with Crippen LogP contribution in [-0.2, 0) is 9.59 Å². The zero-order valence-electron chi connectivity index (χ0n) is 14.5. The third kappa shape index (κ3) is 3.57. The van der Waals surface area contributed by atoms with Crippen molar-refractivity contribution in [3.05, 3.63) is 47.5 Å². The van der Waals surface area contributed by atoms with E-state index in [4.69, 9.17) is 4.74 Å². The Balaban J connectivity index is 1.71. The summed E-state index contributed by atoms with van der Waals surface area (Å²) in [7, 11) is 1.54. The summed E-state index contributed by atoms with van der Waals surface area (Å²) < 4.78 is 5.22. The molecule has 2 amide bonds. The van der Waals surface area contributed by atoms with Gasteiger partial charge in [-0.1, -0.05) is 12.1 Å². The van der Waals surface area contributed by atoms with Crippen LogP contribution in [-0.4, -0.2) is 25.0 Å². The highest BCUT2D eigenvalue weighted by atomic mass is 16.5. The quantitative estimate of drug-likeness (QED) is 0.800. The summed E-state index contributed by atoms with van der Waals surface area (Å²) in [6.07, 6.45) is 0.0241. The maximum Gasteiger partial charge on any atom is 0.247 e. The highest BCUT2D eigenvalue weighted by molar-refractivity contribution is 6.06. The van der Waals surface area contributed by atoms with Gasteiger partial charge in [0.2, 0.25) is 11.8 Å². The molecule has 130 valence electrons. The fourth-order valence-corrected chi connectivity index (χ4v) is 2.79. The second-order valence-electron chi connectivity index (χ2n) is 6.12. The number of benzene rings is 2. The van der Waals surface area contributed by atoms with E-state index >= 15 is 0 Å². The summed E-state index contributed by atoms with van der Waals surface area (Å²) in [5.41, 5.74) is 4.39. The topological polar surface area (TPSA) is 79.5 Å². The molecule has 2 aromatic carbocycles. The normalized spacial score (nSPS) is 15.6. The lowest BCUT2D eigenvalue weighted by molar-refractivity contribution is -0.122. The molecule has 3 N–H and O–H groups in total. The number of carbonyl (C=O) groups is 2. The molecule has 0 bridgehead atoms. The molecular formula is C19H21N3O3. The Morgan fingerprint density at radius 2 is 1.84 bits per heavy atom. The molecule has 1 unspecified atom stereocenters. The van der Waals surface area contributed by atoms with Crippen molar-refractivity contribution in [2.24, 2.45) is 0 Å². The lowest BCUT2D eigenvalue weighted by Gasteiger charge is -2.27. The van der Waals surface area contributed by atoms with E-state index < -0.39 is 6.04 Å². The second-order valence-corrected chi connectivity index (χ2v) is 6.12. The number of nitrogens with one attached hydrogen (secondary N) is 3. The van der Waals surface area contributed by atoms with Gasteiger partial charge in [0.15, 0.2) is 0 Å². The molecule has 0 fully saturated rings. The summed E-state index contributed by atoms with van der Waals surface area (Å²) in [4.78, 5) is 24.6. The Labute approximate surface area is 146 Å². The fourth-order valence-electron chi connectivity index (χ4n) is 2.79. The molecule has 2 aromatic rings. The Morgan fingerprint density at radius 1 is 1.16 bits per heavy atom. The first-order valence-electron chi connectivity index (χ1n) is 8.09. The number of ether oxygens (including phenoxy) is 1. The lowest BCUT2D eigenvalue weighted by Crippen LogP contribution is -2.41.